The largest absolute Gasteiger partial charge is 0.399 e. The van der Waals surface area contributed by atoms with E-state index in [0.717, 1.165) is 0 Å². The Bertz CT molecular complexity index is 551. The van der Waals surface area contributed by atoms with Crippen LogP contribution in [0.5, 0.6) is 0 Å². The van der Waals surface area contributed by atoms with E-state index in [1.807, 2.05) is 0 Å². The van der Waals surface area contributed by atoms with Gasteiger partial charge in [0.05, 0.1) is 5.92 Å². The minimum absolute atomic E-state index is 0.350. The fourth-order valence-electron chi connectivity index (χ4n) is 1.82. The summed E-state index contributed by atoms with van der Waals surface area (Å²) in [6.45, 7) is 1.45. The van der Waals surface area contributed by atoms with Gasteiger partial charge in [0.15, 0.2) is 0 Å². The molecule has 18 heavy (non-hydrogen) atoms. The average Bonchev–Trinajstić information content (AvgIpc) is 2.75. The third kappa shape index (κ3) is 2.05. The third-order valence-electron chi connectivity index (χ3n) is 2.96. The Morgan fingerprint density at radius 2 is 2.11 bits per heavy atom. The molecule has 2 rings (SSSR count). The van der Waals surface area contributed by atoms with Crippen LogP contribution in [0.2, 0.25) is 0 Å². The number of alkyl halides is 2. The molecule has 6 heteroatoms. The van der Waals surface area contributed by atoms with E-state index in [9.17, 15) is 8.78 Å². The molecule has 1 heterocycles. The number of anilines is 1. The summed E-state index contributed by atoms with van der Waals surface area (Å²) in [6, 6.07) is 6.50. The molecule has 1 unspecified atom stereocenters. The van der Waals surface area contributed by atoms with Crippen molar-refractivity contribution in [2.75, 3.05) is 5.73 Å². The molecule has 0 aliphatic heterocycles. The van der Waals surface area contributed by atoms with Gasteiger partial charge >= 0.3 is 5.92 Å². The predicted octanol–water partition coefficient (Wildman–Crippen LogP) is 2.29. The van der Waals surface area contributed by atoms with Gasteiger partial charge in [0.2, 0.25) is 5.82 Å². The highest BCUT2D eigenvalue weighted by atomic mass is 19.3. The lowest BCUT2D eigenvalue weighted by Gasteiger charge is -2.23. The Morgan fingerprint density at radius 1 is 1.39 bits per heavy atom. The molecule has 0 spiro atoms. The smallest absolute Gasteiger partial charge is 0.313 e. The van der Waals surface area contributed by atoms with Gasteiger partial charge in [-0.1, -0.05) is 19.1 Å². The lowest BCUT2D eigenvalue weighted by atomic mass is 9.93. The quantitative estimate of drug-likeness (QED) is 0.853. The van der Waals surface area contributed by atoms with Crippen molar-refractivity contribution >= 4 is 5.69 Å². The minimum Gasteiger partial charge on any atom is -0.399 e. The summed E-state index contributed by atoms with van der Waals surface area (Å²) < 4.78 is 29.8. The van der Waals surface area contributed by atoms with Gasteiger partial charge in [0.1, 0.15) is 6.33 Å². The first-order valence-electron chi connectivity index (χ1n) is 5.50. The number of nitrogen functional groups attached to an aromatic ring is 1. The first-order chi connectivity index (χ1) is 8.43. The Morgan fingerprint density at radius 3 is 2.67 bits per heavy atom. The zero-order valence-corrected chi connectivity index (χ0v) is 10.1. The highest BCUT2D eigenvalue weighted by molar-refractivity contribution is 5.42. The summed E-state index contributed by atoms with van der Waals surface area (Å²) in [6.07, 6.45) is 1.26. The molecule has 0 aliphatic rings. The molecule has 96 valence electrons. The maximum absolute atomic E-state index is 14.3. The van der Waals surface area contributed by atoms with Gasteiger partial charge in [-0.3, -0.25) is 0 Å². The topological polar surface area (TPSA) is 56.7 Å². The number of aromatic nitrogens is 3. The van der Waals surface area contributed by atoms with Crippen molar-refractivity contribution < 1.29 is 8.78 Å². The van der Waals surface area contributed by atoms with Crippen molar-refractivity contribution in [3.05, 3.63) is 42.0 Å². The van der Waals surface area contributed by atoms with Crippen molar-refractivity contribution in [3.63, 3.8) is 0 Å². The van der Waals surface area contributed by atoms with Gasteiger partial charge in [-0.15, -0.1) is 10.2 Å². The van der Waals surface area contributed by atoms with Crippen LogP contribution in [0.25, 0.3) is 0 Å². The van der Waals surface area contributed by atoms with Gasteiger partial charge in [-0.05, 0) is 17.7 Å². The van der Waals surface area contributed by atoms with E-state index in [2.05, 4.69) is 10.2 Å². The molecule has 0 saturated carbocycles. The van der Waals surface area contributed by atoms with Crippen LogP contribution >= 0.6 is 0 Å². The molecular formula is C12H14F2N4. The summed E-state index contributed by atoms with van der Waals surface area (Å²) >= 11 is 0. The third-order valence-corrected chi connectivity index (χ3v) is 2.96. The number of aryl methyl sites for hydroxylation is 1. The molecule has 0 radical (unpaired) electrons. The van der Waals surface area contributed by atoms with E-state index in [-0.39, 0.29) is 5.82 Å². The number of halogens is 2. The molecule has 0 amide bonds. The number of nitrogens with two attached hydrogens (primary N) is 1. The zero-order valence-electron chi connectivity index (χ0n) is 10.1. The molecule has 1 aromatic heterocycles. The second-order valence-corrected chi connectivity index (χ2v) is 4.28. The van der Waals surface area contributed by atoms with Gasteiger partial charge in [-0.2, -0.15) is 8.78 Å². The van der Waals surface area contributed by atoms with Gasteiger partial charge in [0, 0.05) is 12.7 Å². The van der Waals surface area contributed by atoms with E-state index < -0.39 is 11.8 Å². The van der Waals surface area contributed by atoms with E-state index in [1.54, 1.807) is 24.3 Å². The molecule has 0 aliphatic carbocycles. The molecule has 4 nitrogen and oxygen atoms in total. The Kier molecular flexibility index (Phi) is 3.02. The van der Waals surface area contributed by atoms with Gasteiger partial charge in [0.25, 0.3) is 0 Å². The fourth-order valence-corrected chi connectivity index (χ4v) is 1.82. The van der Waals surface area contributed by atoms with Crippen LogP contribution in [0.1, 0.15) is 24.2 Å². The first-order valence-corrected chi connectivity index (χ1v) is 5.50. The van der Waals surface area contributed by atoms with Crippen molar-refractivity contribution in [2.24, 2.45) is 7.05 Å². The summed E-state index contributed by atoms with van der Waals surface area (Å²) in [7, 11) is 1.50. The predicted molar refractivity (Wildman–Crippen MR) is 64.2 cm³/mol. The highest BCUT2D eigenvalue weighted by Crippen LogP contribution is 2.40. The van der Waals surface area contributed by atoms with Crippen LogP contribution in [0.15, 0.2) is 30.6 Å². The molecule has 2 N–H and O–H groups in total. The monoisotopic (exact) mass is 252 g/mol. The summed E-state index contributed by atoms with van der Waals surface area (Å²) in [5, 5.41) is 6.98. The Balaban J connectivity index is 2.39. The van der Waals surface area contributed by atoms with Gasteiger partial charge < -0.3 is 10.3 Å². The normalized spacial score (nSPS) is 13.6. The number of benzene rings is 1. The van der Waals surface area contributed by atoms with Gasteiger partial charge in [-0.25, -0.2) is 0 Å². The Labute approximate surface area is 103 Å². The van der Waals surface area contributed by atoms with Crippen LogP contribution in [0, 0.1) is 0 Å². The van der Waals surface area contributed by atoms with Crippen LogP contribution in [0.4, 0.5) is 14.5 Å². The van der Waals surface area contributed by atoms with Crippen LogP contribution in [0.3, 0.4) is 0 Å². The molecular weight excluding hydrogens is 238 g/mol. The zero-order chi connectivity index (χ0) is 13.3. The number of hydrogen-bond donors (Lipinski definition) is 1. The molecule has 0 fully saturated rings. The molecule has 2 aromatic rings. The summed E-state index contributed by atoms with van der Waals surface area (Å²) in [5.41, 5.74) is 6.55. The standard InChI is InChI=1S/C12H14F2N4/c1-8(9-4-3-5-10(15)6-9)12(13,14)11-17-16-7-18(11)2/h3-8H,15H2,1-2H3. The maximum Gasteiger partial charge on any atom is 0.313 e. The van der Waals surface area contributed by atoms with Crippen LogP contribution < -0.4 is 5.73 Å². The molecule has 0 saturated heterocycles. The van der Waals surface area contributed by atoms with Crippen molar-refractivity contribution in [1.29, 1.82) is 0 Å². The number of rotatable bonds is 3. The van der Waals surface area contributed by atoms with E-state index in [1.165, 1.54) is 24.9 Å². The van der Waals surface area contributed by atoms with Crippen LogP contribution in [-0.2, 0) is 13.0 Å². The number of hydrogen-bond acceptors (Lipinski definition) is 3. The van der Waals surface area contributed by atoms with E-state index in [4.69, 9.17) is 5.73 Å². The maximum atomic E-state index is 14.3. The second kappa shape index (κ2) is 4.36. The van der Waals surface area contributed by atoms with Crippen molar-refractivity contribution in [3.8, 4) is 0 Å². The lowest BCUT2D eigenvalue weighted by Crippen LogP contribution is -2.25. The lowest BCUT2D eigenvalue weighted by molar-refractivity contribution is -0.0401. The molecule has 0 bridgehead atoms. The average molecular weight is 252 g/mol. The SMILES string of the molecule is CC(c1cccc(N)c1)C(F)(F)c1nncn1C. The minimum atomic E-state index is -3.10. The highest BCUT2D eigenvalue weighted by Gasteiger charge is 2.43. The van der Waals surface area contributed by atoms with Crippen molar-refractivity contribution in [2.45, 2.75) is 18.8 Å². The second-order valence-electron chi connectivity index (χ2n) is 4.28. The molecule has 1 atom stereocenters. The fraction of sp³-hybridized carbons (Fsp3) is 0.333. The molecule has 1 aromatic carbocycles. The first kappa shape index (κ1) is 12.5. The number of nitrogens with zero attached hydrogens (tertiary/aromatic N) is 3. The summed E-state index contributed by atoms with van der Waals surface area (Å²) in [4.78, 5) is 0. The van der Waals surface area contributed by atoms with E-state index in [0.29, 0.717) is 11.3 Å². The Hall–Kier alpha value is -1.98. The van der Waals surface area contributed by atoms with Crippen LogP contribution in [-0.4, -0.2) is 14.8 Å². The van der Waals surface area contributed by atoms with Crippen molar-refractivity contribution in [1.82, 2.24) is 14.8 Å². The van der Waals surface area contributed by atoms with E-state index >= 15 is 0 Å². The summed E-state index contributed by atoms with van der Waals surface area (Å²) in [5.74, 6) is -4.47.